The molecule has 0 aromatic heterocycles. The van der Waals surface area contributed by atoms with E-state index in [9.17, 15) is 8.78 Å². The molecule has 4 heteroatoms. The first-order valence-corrected chi connectivity index (χ1v) is 6.94. The topological polar surface area (TPSA) is 9.23 Å². The normalized spacial score (nSPS) is 10.5. The van der Waals surface area contributed by atoms with Crippen molar-refractivity contribution in [2.75, 3.05) is 0 Å². The van der Waals surface area contributed by atoms with Gasteiger partial charge in [0.05, 0.1) is 0 Å². The van der Waals surface area contributed by atoms with E-state index in [1.54, 1.807) is 25.1 Å². The Bertz CT molecular complexity index is 584. The van der Waals surface area contributed by atoms with Gasteiger partial charge in [0.1, 0.15) is 12.4 Å². The molecule has 0 aliphatic carbocycles. The molecule has 0 aliphatic rings. The van der Waals surface area contributed by atoms with E-state index in [1.807, 2.05) is 0 Å². The molecule has 0 saturated carbocycles. The maximum absolute atomic E-state index is 13.7. The van der Waals surface area contributed by atoms with Crippen LogP contribution in [0.3, 0.4) is 0 Å². The van der Waals surface area contributed by atoms with Gasteiger partial charge in [-0.1, -0.05) is 28.1 Å². The third-order valence-corrected chi connectivity index (χ3v) is 3.49. The number of aryl methyl sites for hydroxylation is 1. The van der Waals surface area contributed by atoms with E-state index in [-0.39, 0.29) is 18.2 Å². The first-order valence-electron chi connectivity index (χ1n) is 5.82. The number of alkyl halides is 1. The first-order chi connectivity index (χ1) is 9.10. The molecule has 0 radical (unpaired) electrons. The lowest BCUT2D eigenvalue weighted by atomic mass is 10.1. The highest BCUT2D eigenvalue weighted by atomic mass is 79.9. The van der Waals surface area contributed by atoms with Crippen LogP contribution in [0.4, 0.5) is 8.78 Å². The van der Waals surface area contributed by atoms with Gasteiger partial charge in [-0.15, -0.1) is 0 Å². The molecule has 0 saturated heterocycles. The Kier molecular flexibility index (Phi) is 4.53. The molecule has 0 unspecified atom stereocenters. The van der Waals surface area contributed by atoms with Gasteiger partial charge in [0.25, 0.3) is 0 Å². The molecule has 2 aromatic carbocycles. The van der Waals surface area contributed by atoms with Gasteiger partial charge in [0.15, 0.2) is 11.6 Å². The zero-order valence-electron chi connectivity index (χ0n) is 10.4. The van der Waals surface area contributed by atoms with Gasteiger partial charge in [-0.25, -0.2) is 8.78 Å². The third-order valence-electron chi connectivity index (χ3n) is 2.84. The lowest BCUT2D eigenvalue weighted by molar-refractivity contribution is 0.289. The maximum atomic E-state index is 13.7. The number of hydrogen-bond acceptors (Lipinski definition) is 1. The van der Waals surface area contributed by atoms with Crippen molar-refractivity contribution < 1.29 is 13.5 Å². The molecule has 100 valence electrons. The van der Waals surface area contributed by atoms with Crippen molar-refractivity contribution in [2.24, 2.45) is 0 Å². The highest BCUT2D eigenvalue weighted by Gasteiger charge is 2.06. The lowest BCUT2D eigenvalue weighted by Gasteiger charge is -2.10. The summed E-state index contributed by atoms with van der Waals surface area (Å²) in [6.07, 6.45) is 0. The third kappa shape index (κ3) is 3.53. The summed E-state index contributed by atoms with van der Waals surface area (Å²) in [5.74, 6) is -0.473. The molecule has 2 aromatic rings. The summed E-state index contributed by atoms with van der Waals surface area (Å²) in [5, 5.41) is 0.598. The van der Waals surface area contributed by atoms with E-state index in [0.717, 1.165) is 16.7 Å². The number of halogens is 3. The van der Waals surface area contributed by atoms with Crippen LogP contribution in [0.1, 0.15) is 16.7 Å². The zero-order chi connectivity index (χ0) is 13.8. The monoisotopic (exact) mass is 326 g/mol. The van der Waals surface area contributed by atoms with E-state index < -0.39 is 5.82 Å². The smallest absolute Gasteiger partial charge is 0.165 e. The van der Waals surface area contributed by atoms with Crippen LogP contribution in [0.15, 0.2) is 36.4 Å². The maximum Gasteiger partial charge on any atom is 0.165 e. The van der Waals surface area contributed by atoms with Crippen LogP contribution in [0, 0.1) is 18.6 Å². The highest BCUT2D eigenvalue weighted by Crippen LogP contribution is 2.21. The second-order valence-electron chi connectivity index (χ2n) is 4.26. The predicted molar refractivity (Wildman–Crippen MR) is 74.5 cm³/mol. The van der Waals surface area contributed by atoms with E-state index in [1.165, 1.54) is 18.2 Å². The van der Waals surface area contributed by atoms with Crippen molar-refractivity contribution in [1.29, 1.82) is 0 Å². The summed E-state index contributed by atoms with van der Waals surface area (Å²) in [7, 11) is 0. The van der Waals surface area contributed by atoms with Crippen molar-refractivity contribution in [3.05, 3.63) is 64.7 Å². The molecular formula is C15H13BrF2O. The summed E-state index contributed by atoms with van der Waals surface area (Å²) in [5.41, 5.74) is 2.48. The van der Waals surface area contributed by atoms with E-state index in [2.05, 4.69) is 15.9 Å². The van der Waals surface area contributed by atoms with Crippen LogP contribution in [0.25, 0.3) is 0 Å². The molecule has 0 bridgehead atoms. The fourth-order valence-corrected chi connectivity index (χ4v) is 2.07. The second kappa shape index (κ2) is 6.15. The van der Waals surface area contributed by atoms with Crippen molar-refractivity contribution in [3.63, 3.8) is 0 Å². The van der Waals surface area contributed by atoms with Crippen LogP contribution in [0.2, 0.25) is 0 Å². The van der Waals surface area contributed by atoms with Gasteiger partial charge in [0.2, 0.25) is 0 Å². The summed E-state index contributed by atoms with van der Waals surface area (Å²) < 4.78 is 32.1. The number of benzene rings is 2. The Labute approximate surface area is 119 Å². The van der Waals surface area contributed by atoms with Gasteiger partial charge in [-0.05, 0) is 47.9 Å². The van der Waals surface area contributed by atoms with Crippen molar-refractivity contribution >= 4 is 15.9 Å². The molecule has 0 atom stereocenters. The molecule has 2 rings (SSSR count). The lowest BCUT2D eigenvalue weighted by Crippen LogP contribution is -2.00. The summed E-state index contributed by atoms with van der Waals surface area (Å²) in [6.45, 7) is 2.02. The van der Waals surface area contributed by atoms with Crippen molar-refractivity contribution in [2.45, 2.75) is 18.9 Å². The average Bonchev–Trinajstić information content (AvgIpc) is 2.39. The number of ether oxygens (including phenoxy) is 1. The van der Waals surface area contributed by atoms with E-state index in [4.69, 9.17) is 4.74 Å². The van der Waals surface area contributed by atoms with Gasteiger partial charge in [-0.3, -0.25) is 0 Å². The van der Waals surface area contributed by atoms with Crippen LogP contribution in [0.5, 0.6) is 5.75 Å². The Morgan fingerprint density at radius 3 is 2.53 bits per heavy atom. The Hall–Kier alpha value is -1.42. The molecule has 0 N–H and O–H groups in total. The SMILES string of the molecule is Cc1cc(F)ccc1COc1ccc(CBr)cc1F. The Balaban J connectivity index is 2.10. The Morgan fingerprint density at radius 1 is 1.11 bits per heavy atom. The van der Waals surface area contributed by atoms with Gasteiger partial charge in [0, 0.05) is 5.33 Å². The fraction of sp³-hybridized carbons (Fsp3) is 0.200. The molecule has 0 spiro atoms. The van der Waals surface area contributed by atoms with Crippen LogP contribution < -0.4 is 4.74 Å². The standard InChI is InChI=1S/C15H13BrF2O/c1-10-6-13(17)4-3-12(10)9-19-15-5-2-11(8-16)7-14(15)18/h2-7H,8-9H2,1H3. The minimum absolute atomic E-state index is 0.202. The van der Waals surface area contributed by atoms with Crippen LogP contribution in [-0.4, -0.2) is 0 Å². The van der Waals surface area contributed by atoms with Crippen molar-refractivity contribution in [1.82, 2.24) is 0 Å². The predicted octanol–water partition coefficient (Wildman–Crippen LogP) is 4.75. The zero-order valence-corrected chi connectivity index (χ0v) is 12.0. The summed E-state index contributed by atoms with van der Waals surface area (Å²) in [6, 6.07) is 9.28. The number of rotatable bonds is 4. The molecular weight excluding hydrogens is 314 g/mol. The average molecular weight is 327 g/mol. The van der Waals surface area contributed by atoms with Gasteiger partial charge in [-0.2, -0.15) is 0 Å². The molecule has 19 heavy (non-hydrogen) atoms. The Morgan fingerprint density at radius 2 is 1.89 bits per heavy atom. The van der Waals surface area contributed by atoms with E-state index >= 15 is 0 Å². The summed E-state index contributed by atoms with van der Waals surface area (Å²) >= 11 is 3.27. The van der Waals surface area contributed by atoms with Gasteiger partial charge < -0.3 is 4.74 Å². The molecule has 1 nitrogen and oxygen atoms in total. The first kappa shape index (κ1) is 14.0. The quantitative estimate of drug-likeness (QED) is 0.737. The molecule has 0 amide bonds. The van der Waals surface area contributed by atoms with Gasteiger partial charge >= 0.3 is 0 Å². The van der Waals surface area contributed by atoms with Crippen molar-refractivity contribution in [3.8, 4) is 5.75 Å². The molecule has 0 heterocycles. The fourth-order valence-electron chi connectivity index (χ4n) is 1.72. The largest absolute Gasteiger partial charge is 0.486 e. The van der Waals surface area contributed by atoms with Crippen LogP contribution in [-0.2, 0) is 11.9 Å². The number of hydrogen-bond donors (Lipinski definition) is 0. The summed E-state index contributed by atoms with van der Waals surface area (Å²) in [4.78, 5) is 0. The second-order valence-corrected chi connectivity index (χ2v) is 4.82. The highest BCUT2D eigenvalue weighted by molar-refractivity contribution is 9.08. The van der Waals surface area contributed by atoms with Crippen LogP contribution >= 0.6 is 15.9 Å². The minimum Gasteiger partial charge on any atom is -0.486 e. The van der Waals surface area contributed by atoms with E-state index in [0.29, 0.717) is 5.33 Å². The molecule has 0 fully saturated rings. The molecule has 0 aliphatic heterocycles. The minimum atomic E-state index is -0.392.